The van der Waals surface area contributed by atoms with Crippen molar-refractivity contribution >= 4 is 19.8 Å². The molecule has 1 saturated carbocycles. The number of nitrogens with one attached hydrogen (secondary N) is 1. The Morgan fingerprint density at radius 3 is 2.85 bits per heavy atom. The SMILES string of the molecule is CC(CCO[P@]1(=O)OC[C@H]2O[C@@H](N3C=CC(O)NC3=O)[C@](C)(N)[C@@H]2O1)C(=O)OC1CCCCC1. The summed E-state index contributed by atoms with van der Waals surface area (Å²) in [5, 5.41) is 11.9. The molecule has 192 valence electrons. The van der Waals surface area contributed by atoms with Gasteiger partial charge in [0.25, 0.3) is 0 Å². The monoisotopic (exact) mass is 503 g/mol. The first-order valence-corrected chi connectivity index (χ1v) is 13.2. The van der Waals surface area contributed by atoms with Crippen LogP contribution in [0.2, 0.25) is 0 Å². The molecule has 0 bridgehead atoms. The number of fused-ring (bicyclic) bond motifs is 1. The number of carbonyl (C=O) groups excluding carboxylic acids is 2. The molecule has 2 unspecified atom stereocenters. The molecule has 2 amide bonds. The molecule has 34 heavy (non-hydrogen) atoms. The summed E-state index contributed by atoms with van der Waals surface area (Å²) < 4.78 is 41.0. The number of hydrogen-bond donors (Lipinski definition) is 3. The normalized spacial score (nSPS) is 39.4. The van der Waals surface area contributed by atoms with Crippen molar-refractivity contribution in [3.63, 3.8) is 0 Å². The second-order valence-corrected chi connectivity index (χ2v) is 11.1. The summed E-state index contributed by atoms with van der Waals surface area (Å²) in [6.07, 6.45) is 4.50. The molecule has 12 nitrogen and oxygen atoms in total. The van der Waals surface area contributed by atoms with Gasteiger partial charge in [-0.05, 0) is 45.1 Å². The molecule has 4 N–H and O–H groups in total. The van der Waals surface area contributed by atoms with E-state index in [0.717, 1.165) is 25.7 Å². The van der Waals surface area contributed by atoms with Crippen LogP contribution in [0.1, 0.15) is 52.4 Å². The summed E-state index contributed by atoms with van der Waals surface area (Å²) in [6, 6.07) is -0.593. The van der Waals surface area contributed by atoms with E-state index in [-0.39, 0.29) is 31.7 Å². The summed E-state index contributed by atoms with van der Waals surface area (Å²) in [5.74, 6) is -0.719. The van der Waals surface area contributed by atoms with Gasteiger partial charge in [0.15, 0.2) is 6.23 Å². The number of nitrogens with zero attached hydrogens (tertiary/aromatic N) is 1. The Hall–Kier alpha value is -1.53. The van der Waals surface area contributed by atoms with Gasteiger partial charge in [-0.2, -0.15) is 0 Å². The second-order valence-electron chi connectivity index (χ2n) is 9.52. The van der Waals surface area contributed by atoms with E-state index in [9.17, 15) is 19.3 Å². The Kier molecular flexibility index (Phi) is 7.68. The summed E-state index contributed by atoms with van der Waals surface area (Å²) in [4.78, 5) is 25.8. The Bertz CT molecular complexity index is 847. The average molecular weight is 503 g/mol. The third-order valence-electron chi connectivity index (χ3n) is 6.65. The quantitative estimate of drug-likeness (QED) is 0.345. The van der Waals surface area contributed by atoms with Gasteiger partial charge in [0, 0.05) is 6.20 Å². The largest absolute Gasteiger partial charge is 0.475 e. The molecule has 3 fully saturated rings. The summed E-state index contributed by atoms with van der Waals surface area (Å²) in [7, 11) is -3.97. The number of esters is 1. The molecule has 0 spiro atoms. The van der Waals surface area contributed by atoms with Gasteiger partial charge in [0.05, 0.1) is 24.7 Å². The molecule has 3 aliphatic heterocycles. The van der Waals surface area contributed by atoms with Crippen molar-refractivity contribution in [1.82, 2.24) is 10.2 Å². The topological polar surface area (TPSA) is 159 Å². The minimum Gasteiger partial charge on any atom is -0.462 e. The predicted octanol–water partition coefficient (Wildman–Crippen LogP) is 1.73. The van der Waals surface area contributed by atoms with Crippen molar-refractivity contribution in [3.8, 4) is 0 Å². The first-order valence-electron chi connectivity index (χ1n) is 11.8. The van der Waals surface area contributed by atoms with Crippen LogP contribution in [0.25, 0.3) is 0 Å². The zero-order chi connectivity index (χ0) is 24.5. The molecule has 13 heteroatoms. The summed E-state index contributed by atoms with van der Waals surface area (Å²) in [5.41, 5.74) is 5.21. The number of urea groups is 1. The van der Waals surface area contributed by atoms with Gasteiger partial charge >= 0.3 is 19.8 Å². The van der Waals surface area contributed by atoms with Crippen molar-refractivity contribution in [3.05, 3.63) is 12.3 Å². The molecule has 4 rings (SSSR count). The molecule has 0 aromatic heterocycles. The van der Waals surface area contributed by atoms with Gasteiger partial charge in [-0.1, -0.05) is 13.3 Å². The van der Waals surface area contributed by atoms with Crippen molar-refractivity contribution in [2.45, 2.75) is 88.7 Å². The molecule has 0 aromatic rings. The lowest BCUT2D eigenvalue weighted by molar-refractivity contribution is -0.155. The lowest BCUT2D eigenvalue weighted by atomic mass is 9.93. The molecular formula is C21H34N3O9P. The highest BCUT2D eigenvalue weighted by Gasteiger charge is 2.60. The standard InChI is InChI=1S/C21H34N3O9P/c1-13(18(26)31-14-6-4-3-5-7-14)9-11-29-34(28)30-12-15-17(33-34)21(2,22)19(32-15)24-10-8-16(25)23-20(24)27/h8,10,13-17,19,25H,3-7,9,11-12,22H2,1-2H3,(H,23,27)/t13?,15-,16?,17-,19-,21-,34-/m1/s1. The smallest absolute Gasteiger partial charge is 0.462 e. The molecule has 7 atom stereocenters. The molecule has 0 aromatic carbocycles. The number of nitrogens with two attached hydrogens (primary N) is 1. The number of aliphatic hydroxyl groups is 1. The van der Waals surface area contributed by atoms with Crippen LogP contribution in [0.5, 0.6) is 0 Å². The van der Waals surface area contributed by atoms with E-state index in [1.807, 2.05) is 0 Å². The maximum Gasteiger partial charge on any atom is 0.475 e. The summed E-state index contributed by atoms with van der Waals surface area (Å²) >= 11 is 0. The lowest BCUT2D eigenvalue weighted by Gasteiger charge is -2.38. The van der Waals surface area contributed by atoms with Crippen molar-refractivity contribution in [2.24, 2.45) is 11.7 Å². The number of phosphoric acid groups is 1. The van der Waals surface area contributed by atoms with Crippen molar-refractivity contribution < 1.29 is 42.3 Å². The molecular weight excluding hydrogens is 469 g/mol. The number of phosphoric ester groups is 1. The van der Waals surface area contributed by atoms with Gasteiger partial charge in [-0.25, -0.2) is 9.36 Å². The first kappa shape index (κ1) is 25.6. The van der Waals surface area contributed by atoms with Gasteiger partial charge < -0.3 is 25.6 Å². The van der Waals surface area contributed by atoms with Crippen LogP contribution in [-0.2, 0) is 32.4 Å². The van der Waals surface area contributed by atoms with E-state index >= 15 is 0 Å². The van der Waals surface area contributed by atoms with Crippen molar-refractivity contribution in [2.75, 3.05) is 13.2 Å². The minimum atomic E-state index is -3.97. The summed E-state index contributed by atoms with van der Waals surface area (Å²) in [6.45, 7) is 3.22. The van der Waals surface area contributed by atoms with Crippen LogP contribution in [-0.4, -0.2) is 71.5 Å². The Morgan fingerprint density at radius 2 is 2.15 bits per heavy atom. The average Bonchev–Trinajstić information content (AvgIpc) is 3.04. The van der Waals surface area contributed by atoms with Crippen molar-refractivity contribution in [1.29, 1.82) is 0 Å². The van der Waals surface area contributed by atoms with E-state index in [2.05, 4.69) is 5.32 Å². The van der Waals surface area contributed by atoms with E-state index in [1.165, 1.54) is 23.6 Å². The second kappa shape index (κ2) is 10.2. The minimum absolute atomic E-state index is 0.0254. The Balaban J connectivity index is 1.30. The number of hydrogen-bond acceptors (Lipinski definition) is 10. The molecule has 1 aliphatic carbocycles. The zero-order valence-corrected chi connectivity index (χ0v) is 20.4. The number of carbonyl (C=O) groups is 2. The van der Waals surface area contributed by atoms with Crippen LogP contribution < -0.4 is 11.1 Å². The third-order valence-corrected chi connectivity index (χ3v) is 8.10. The number of rotatable bonds is 7. The van der Waals surface area contributed by atoms with Crippen LogP contribution in [0.4, 0.5) is 4.79 Å². The maximum absolute atomic E-state index is 13.1. The van der Waals surface area contributed by atoms with Gasteiger partial charge in [0.2, 0.25) is 0 Å². The zero-order valence-electron chi connectivity index (χ0n) is 19.5. The highest BCUT2D eigenvalue weighted by Crippen LogP contribution is 2.57. The van der Waals surface area contributed by atoms with Gasteiger partial charge in [0.1, 0.15) is 24.5 Å². The third kappa shape index (κ3) is 5.48. The van der Waals surface area contributed by atoms with Crippen LogP contribution in [0.15, 0.2) is 12.3 Å². The maximum atomic E-state index is 13.1. The van der Waals surface area contributed by atoms with E-state index in [0.29, 0.717) is 0 Å². The highest BCUT2D eigenvalue weighted by atomic mass is 31.2. The van der Waals surface area contributed by atoms with Crippen LogP contribution >= 0.6 is 7.82 Å². The predicted molar refractivity (Wildman–Crippen MR) is 118 cm³/mol. The van der Waals surface area contributed by atoms with E-state index in [4.69, 9.17) is 28.8 Å². The van der Waals surface area contributed by atoms with Crippen LogP contribution in [0, 0.1) is 5.92 Å². The van der Waals surface area contributed by atoms with Gasteiger partial charge in [-0.3, -0.25) is 23.3 Å². The fourth-order valence-electron chi connectivity index (χ4n) is 4.60. The Labute approximate surface area is 198 Å². The molecule has 0 radical (unpaired) electrons. The van der Waals surface area contributed by atoms with E-state index in [1.54, 1.807) is 13.8 Å². The number of amides is 2. The molecule has 4 aliphatic rings. The number of aliphatic hydroxyl groups excluding tert-OH is 1. The fraction of sp³-hybridized carbons (Fsp3) is 0.810. The molecule has 2 saturated heterocycles. The fourth-order valence-corrected chi connectivity index (χ4v) is 6.09. The first-order chi connectivity index (χ1) is 16.1. The Morgan fingerprint density at radius 1 is 1.41 bits per heavy atom. The number of ether oxygens (including phenoxy) is 2. The van der Waals surface area contributed by atoms with E-state index < -0.39 is 50.0 Å². The highest BCUT2D eigenvalue weighted by molar-refractivity contribution is 7.48. The molecule has 3 heterocycles. The lowest BCUT2D eigenvalue weighted by Crippen LogP contribution is -2.62. The van der Waals surface area contributed by atoms with Gasteiger partial charge in [-0.15, -0.1) is 0 Å². The van der Waals surface area contributed by atoms with Crippen LogP contribution in [0.3, 0.4) is 0 Å².